The van der Waals surface area contributed by atoms with Crippen molar-refractivity contribution in [2.75, 3.05) is 19.3 Å². The molecule has 1 N–H and O–H groups in total. The van der Waals surface area contributed by atoms with E-state index in [1.807, 2.05) is 0 Å². The van der Waals surface area contributed by atoms with Gasteiger partial charge in [0.05, 0.1) is 4.75 Å². The van der Waals surface area contributed by atoms with Gasteiger partial charge in [0.2, 0.25) is 0 Å². The van der Waals surface area contributed by atoms with E-state index in [4.69, 9.17) is 0 Å². The molecule has 2 saturated carbocycles. The zero-order valence-electron chi connectivity index (χ0n) is 11.2. The third-order valence-electron chi connectivity index (χ3n) is 4.85. The van der Waals surface area contributed by atoms with Crippen molar-refractivity contribution in [2.45, 2.75) is 44.3 Å². The topological polar surface area (TPSA) is 46.2 Å². The number of fused-ring (bicyclic) bond motifs is 2. The van der Waals surface area contributed by atoms with Crippen LogP contribution in [-0.4, -0.2) is 32.5 Å². The summed E-state index contributed by atoms with van der Waals surface area (Å²) in [4.78, 5) is 0. The highest BCUT2D eigenvalue weighted by Crippen LogP contribution is 2.47. The first-order chi connectivity index (χ1) is 7.79. The molecule has 0 heterocycles. The van der Waals surface area contributed by atoms with E-state index in [2.05, 4.69) is 5.32 Å². The second-order valence-electron chi connectivity index (χ2n) is 6.60. The fourth-order valence-corrected chi connectivity index (χ4v) is 3.68. The first kappa shape index (κ1) is 13.3. The Morgan fingerprint density at radius 3 is 2.41 bits per heavy atom. The van der Waals surface area contributed by atoms with E-state index in [-0.39, 0.29) is 0 Å². The van der Waals surface area contributed by atoms with Crippen LogP contribution in [0.15, 0.2) is 0 Å². The second kappa shape index (κ2) is 4.54. The summed E-state index contributed by atoms with van der Waals surface area (Å²) in [7, 11) is -2.97. The molecule has 100 valence electrons. The van der Waals surface area contributed by atoms with Gasteiger partial charge in [0.1, 0.15) is 0 Å². The van der Waals surface area contributed by atoms with Gasteiger partial charge in [-0.2, -0.15) is 0 Å². The molecule has 0 aromatic carbocycles. The lowest BCUT2D eigenvalue weighted by atomic mass is 9.89. The Bertz CT molecular complexity index is 375. The lowest BCUT2D eigenvalue weighted by Crippen LogP contribution is -2.43. The van der Waals surface area contributed by atoms with E-state index >= 15 is 0 Å². The summed E-state index contributed by atoms with van der Waals surface area (Å²) in [5.74, 6) is 2.67. The van der Waals surface area contributed by atoms with Gasteiger partial charge in [0.25, 0.3) is 0 Å². The molecule has 3 nitrogen and oxygen atoms in total. The molecule has 17 heavy (non-hydrogen) atoms. The van der Waals surface area contributed by atoms with Gasteiger partial charge in [-0.3, -0.25) is 0 Å². The van der Waals surface area contributed by atoms with Crippen LogP contribution in [0.2, 0.25) is 0 Å². The lowest BCUT2D eigenvalue weighted by molar-refractivity contribution is 0.315. The highest BCUT2D eigenvalue weighted by Gasteiger charge is 2.39. The average Bonchev–Trinajstić information content (AvgIpc) is 2.76. The molecule has 2 bridgehead atoms. The Balaban J connectivity index is 1.77. The smallest absolute Gasteiger partial charge is 0.153 e. The maximum absolute atomic E-state index is 11.6. The summed E-state index contributed by atoms with van der Waals surface area (Å²) < 4.78 is 22.5. The van der Waals surface area contributed by atoms with E-state index in [1.165, 1.54) is 31.9 Å². The Morgan fingerprint density at radius 2 is 1.94 bits per heavy atom. The Kier molecular flexibility index (Phi) is 3.56. The van der Waals surface area contributed by atoms with Crippen LogP contribution in [-0.2, 0) is 9.84 Å². The number of hydrogen-bond donors (Lipinski definition) is 1. The first-order valence-corrected chi connectivity index (χ1v) is 8.59. The van der Waals surface area contributed by atoms with Crippen molar-refractivity contribution in [1.82, 2.24) is 5.32 Å². The molecule has 2 aliphatic rings. The molecule has 2 fully saturated rings. The minimum absolute atomic E-state index is 0.569. The molecular weight excluding hydrogens is 234 g/mol. The SMILES string of the molecule is CC(C)(CNCC1CC2CCC1C2)S(C)(=O)=O. The molecule has 2 aliphatic carbocycles. The molecular formula is C13H25NO2S. The van der Waals surface area contributed by atoms with Crippen molar-refractivity contribution in [3.8, 4) is 0 Å². The maximum atomic E-state index is 11.6. The summed E-state index contributed by atoms with van der Waals surface area (Å²) >= 11 is 0. The van der Waals surface area contributed by atoms with Gasteiger partial charge in [-0.1, -0.05) is 6.42 Å². The summed E-state index contributed by atoms with van der Waals surface area (Å²) in [6.45, 7) is 5.17. The van der Waals surface area contributed by atoms with Gasteiger partial charge in [-0.25, -0.2) is 8.42 Å². The van der Waals surface area contributed by atoms with Crippen molar-refractivity contribution < 1.29 is 8.42 Å². The summed E-state index contributed by atoms with van der Waals surface area (Å²) in [5.41, 5.74) is 0. The van der Waals surface area contributed by atoms with E-state index in [0.717, 1.165) is 24.3 Å². The normalized spacial score (nSPS) is 33.2. The Labute approximate surface area is 105 Å². The van der Waals surface area contributed by atoms with E-state index < -0.39 is 14.6 Å². The quantitative estimate of drug-likeness (QED) is 0.819. The van der Waals surface area contributed by atoms with Gasteiger partial charge >= 0.3 is 0 Å². The molecule has 3 atom stereocenters. The number of nitrogens with one attached hydrogen (secondary N) is 1. The van der Waals surface area contributed by atoms with E-state index in [0.29, 0.717) is 6.54 Å². The predicted molar refractivity (Wildman–Crippen MR) is 70.7 cm³/mol. The van der Waals surface area contributed by atoms with Crippen LogP contribution in [0.4, 0.5) is 0 Å². The summed E-state index contributed by atoms with van der Waals surface area (Å²) in [5, 5.41) is 3.38. The van der Waals surface area contributed by atoms with Crippen LogP contribution < -0.4 is 5.32 Å². The fraction of sp³-hybridized carbons (Fsp3) is 1.00. The molecule has 0 radical (unpaired) electrons. The second-order valence-corrected chi connectivity index (χ2v) is 9.25. The van der Waals surface area contributed by atoms with Crippen LogP contribution in [0.3, 0.4) is 0 Å². The molecule has 4 heteroatoms. The zero-order chi connectivity index (χ0) is 12.7. The average molecular weight is 259 g/mol. The van der Waals surface area contributed by atoms with Crippen LogP contribution in [0.1, 0.15) is 39.5 Å². The predicted octanol–water partition coefficient (Wildman–Crippen LogP) is 1.84. The van der Waals surface area contributed by atoms with E-state index in [1.54, 1.807) is 13.8 Å². The van der Waals surface area contributed by atoms with E-state index in [9.17, 15) is 8.42 Å². The minimum atomic E-state index is -2.97. The Morgan fingerprint density at radius 1 is 1.24 bits per heavy atom. The molecule has 0 amide bonds. The van der Waals surface area contributed by atoms with Crippen LogP contribution in [0.25, 0.3) is 0 Å². The lowest BCUT2D eigenvalue weighted by Gasteiger charge is -2.26. The summed E-state index contributed by atoms with van der Waals surface area (Å²) in [6, 6.07) is 0. The maximum Gasteiger partial charge on any atom is 0.153 e. The molecule has 3 unspecified atom stereocenters. The summed E-state index contributed by atoms with van der Waals surface area (Å²) in [6.07, 6.45) is 6.92. The third kappa shape index (κ3) is 2.84. The molecule has 0 aliphatic heterocycles. The third-order valence-corrected chi connectivity index (χ3v) is 7.00. The minimum Gasteiger partial charge on any atom is -0.315 e. The number of sulfone groups is 1. The first-order valence-electron chi connectivity index (χ1n) is 6.70. The van der Waals surface area contributed by atoms with Gasteiger partial charge in [-0.15, -0.1) is 0 Å². The molecule has 2 rings (SSSR count). The number of hydrogen-bond acceptors (Lipinski definition) is 3. The highest BCUT2D eigenvalue weighted by atomic mass is 32.2. The van der Waals surface area contributed by atoms with Crippen molar-refractivity contribution in [1.29, 1.82) is 0 Å². The van der Waals surface area contributed by atoms with Gasteiger partial charge < -0.3 is 5.32 Å². The van der Waals surface area contributed by atoms with Crippen molar-refractivity contribution in [2.24, 2.45) is 17.8 Å². The van der Waals surface area contributed by atoms with Gasteiger partial charge in [0.15, 0.2) is 9.84 Å². The zero-order valence-corrected chi connectivity index (χ0v) is 12.0. The molecule has 0 saturated heterocycles. The van der Waals surface area contributed by atoms with Crippen molar-refractivity contribution >= 4 is 9.84 Å². The van der Waals surface area contributed by atoms with Crippen LogP contribution in [0.5, 0.6) is 0 Å². The highest BCUT2D eigenvalue weighted by molar-refractivity contribution is 7.92. The van der Waals surface area contributed by atoms with Crippen LogP contribution >= 0.6 is 0 Å². The fourth-order valence-electron chi connectivity index (χ4n) is 3.32. The molecule has 0 spiro atoms. The van der Waals surface area contributed by atoms with Gasteiger partial charge in [0, 0.05) is 12.8 Å². The molecule has 0 aromatic heterocycles. The van der Waals surface area contributed by atoms with Gasteiger partial charge in [-0.05, 0) is 57.4 Å². The molecule has 0 aromatic rings. The standard InChI is InChI=1S/C13H25NO2S/c1-13(2,17(3,15)16)9-14-8-12-7-10-4-5-11(12)6-10/h10-12,14H,4-9H2,1-3H3. The van der Waals surface area contributed by atoms with Crippen molar-refractivity contribution in [3.05, 3.63) is 0 Å². The Hall–Kier alpha value is -0.0900. The monoisotopic (exact) mass is 259 g/mol. The number of rotatable bonds is 5. The van der Waals surface area contributed by atoms with Crippen LogP contribution in [0, 0.1) is 17.8 Å². The van der Waals surface area contributed by atoms with Crippen molar-refractivity contribution in [3.63, 3.8) is 0 Å². The largest absolute Gasteiger partial charge is 0.315 e.